The number of benzene rings is 2. The molecular weight excluding hydrogens is 354 g/mol. The topological polar surface area (TPSA) is 44.5 Å². The van der Waals surface area contributed by atoms with Crippen molar-refractivity contribution in [1.29, 1.82) is 0 Å². The minimum absolute atomic E-state index is 0.132. The Morgan fingerprint density at radius 2 is 2.05 bits per heavy atom. The van der Waals surface area contributed by atoms with Crippen molar-refractivity contribution in [1.82, 2.24) is 0 Å². The zero-order chi connectivity index (χ0) is 15.2. The summed E-state index contributed by atoms with van der Waals surface area (Å²) in [6.45, 7) is 0.413. The van der Waals surface area contributed by atoms with Crippen molar-refractivity contribution in [3.05, 3.63) is 57.5 Å². The van der Waals surface area contributed by atoms with Crippen molar-refractivity contribution in [3.63, 3.8) is 0 Å². The molecule has 112 valence electrons. The molecule has 2 N–H and O–H groups in total. The highest BCUT2D eigenvalue weighted by atomic mass is 79.9. The lowest BCUT2D eigenvalue weighted by Crippen LogP contribution is -2.30. The first-order valence-electron chi connectivity index (χ1n) is 6.55. The third-order valence-electron chi connectivity index (χ3n) is 2.98. The number of methoxy groups -OCH3 is 1. The third kappa shape index (κ3) is 4.92. The smallest absolute Gasteiger partial charge is 0.122 e. The van der Waals surface area contributed by atoms with Gasteiger partial charge in [-0.15, -0.1) is 0 Å². The van der Waals surface area contributed by atoms with Gasteiger partial charge >= 0.3 is 0 Å². The quantitative estimate of drug-likeness (QED) is 0.834. The van der Waals surface area contributed by atoms with E-state index in [0.29, 0.717) is 18.1 Å². The number of halogens is 2. The minimum atomic E-state index is -0.132. The fourth-order valence-electron chi connectivity index (χ4n) is 2.01. The zero-order valence-electron chi connectivity index (χ0n) is 11.7. The van der Waals surface area contributed by atoms with Crippen molar-refractivity contribution < 1.29 is 9.47 Å². The average Bonchev–Trinajstić information content (AvgIpc) is 2.45. The van der Waals surface area contributed by atoms with Crippen molar-refractivity contribution in [2.45, 2.75) is 12.5 Å². The van der Waals surface area contributed by atoms with Crippen LogP contribution in [0.2, 0.25) is 5.02 Å². The zero-order valence-corrected chi connectivity index (χ0v) is 14.0. The molecule has 0 radical (unpaired) electrons. The Balaban J connectivity index is 1.95. The Hall–Kier alpha value is -1.23. The van der Waals surface area contributed by atoms with Gasteiger partial charge in [-0.2, -0.15) is 0 Å². The maximum atomic E-state index is 6.14. The first-order valence-corrected chi connectivity index (χ1v) is 7.72. The summed E-state index contributed by atoms with van der Waals surface area (Å²) >= 11 is 9.37. The molecule has 0 amide bonds. The molecule has 0 spiro atoms. The predicted molar refractivity (Wildman–Crippen MR) is 89.3 cm³/mol. The van der Waals surface area contributed by atoms with Crippen LogP contribution in [0.4, 0.5) is 0 Å². The summed E-state index contributed by atoms with van der Waals surface area (Å²) in [6, 6.07) is 13.0. The molecular formula is C16H17BrClNO2. The lowest BCUT2D eigenvalue weighted by atomic mass is 10.1. The Kier molecular flexibility index (Phi) is 5.91. The largest absolute Gasteiger partial charge is 0.496 e. The van der Waals surface area contributed by atoms with Gasteiger partial charge in [-0.25, -0.2) is 0 Å². The summed E-state index contributed by atoms with van der Waals surface area (Å²) in [7, 11) is 1.65. The molecule has 0 heterocycles. The summed E-state index contributed by atoms with van der Waals surface area (Å²) in [4.78, 5) is 0. The third-order valence-corrected chi connectivity index (χ3v) is 3.71. The van der Waals surface area contributed by atoms with Gasteiger partial charge < -0.3 is 15.2 Å². The Labute approximate surface area is 138 Å². The fraction of sp³-hybridized carbons (Fsp3) is 0.250. The van der Waals surface area contributed by atoms with Crippen LogP contribution in [0.25, 0.3) is 0 Å². The average molecular weight is 371 g/mol. The molecule has 0 aliphatic rings. The van der Waals surface area contributed by atoms with Gasteiger partial charge in [0.1, 0.15) is 18.1 Å². The van der Waals surface area contributed by atoms with Crippen LogP contribution in [0.5, 0.6) is 11.5 Å². The summed E-state index contributed by atoms with van der Waals surface area (Å²) in [5.41, 5.74) is 7.19. The van der Waals surface area contributed by atoms with Crippen LogP contribution in [-0.2, 0) is 6.42 Å². The lowest BCUT2D eigenvalue weighted by Gasteiger charge is -2.15. The van der Waals surface area contributed by atoms with Gasteiger partial charge in [-0.05, 0) is 48.4 Å². The van der Waals surface area contributed by atoms with Gasteiger partial charge in [0.05, 0.1) is 7.11 Å². The fourth-order valence-corrected chi connectivity index (χ4v) is 2.60. The standard InChI is InChI=1S/C16H17BrClNO2/c1-20-16-6-5-12(17)7-11(16)8-14(19)10-21-15-4-2-3-13(18)9-15/h2-7,9,14H,8,10,19H2,1H3. The second-order valence-electron chi connectivity index (χ2n) is 4.69. The molecule has 2 rings (SSSR count). The van der Waals surface area contributed by atoms with Crippen LogP contribution in [0, 0.1) is 0 Å². The van der Waals surface area contributed by atoms with E-state index in [4.69, 9.17) is 26.8 Å². The maximum Gasteiger partial charge on any atom is 0.122 e. The van der Waals surface area contributed by atoms with Crippen LogP contribution in [0.15, 0.2) is 46.9 Å². The first-order chi connectivity index (χ1) is 10.1. The van der Waals surface area contributed by atoms with E-state index in [1.807, 2.05) is 30.3 Å². The van der Waals surface area contributed by atoms with Gasteiger partial charge in [0.15, 0.2) is 0 Å². The Bertz CT molecular complexity index is 607. The van der Waals surface area contributed by atoms with Crippen LogP contribution in [0.1, 0.15) is 5.56 Å². The van der Waals surface area contributed by atoms with Crippen LogP contribution >= 0.6 is 27.5 Å². The van der Waals surface area contributed by atoms with E-state index < -0.39 is 0 Å². The second-order valence-corrected chi connectivity index (χ2v) is 6.04. The molecule has 1 atom stereocenters. The molecule has 0 saturated heterocycles. The van der Waals surface area contributed by atoms with Gasteiger partial charge in [-0.1, -0.05) is 33.6 Å². The van der Waals surface area contributed by atoms with Gasteiger partial charge in [0, 0.05) is 15.5 Å². The van der Waals surface area contributed by atoms with E-state index >= 15 is 0 Å². The maximum absolute atomic E-state index is 6.14. The molecule has 3 nitrogen and oxygen atoms in total. The van der Waals surface area contributed by atoms with Gasteiger partial charge in [-0.3, -0.25) is 0 Å². The molecule has 1 unspecified atom stereocenters. The van der Waals surface area contributed by atoms with Gasteiger partial charge in [0.25, 0.3) is 0 Å². The van der Waals surface area contributed by atoms with Gasteiger partial charge in [0.2, 0.25) is 0 Å². The molecule has 0 saturated carbocycles. The molecule has 0 bridgehead atoms. The van der Waals surface area contributed by atoms with E-state index in [0.717, 1.165) is 21.5 Å². The van der Waals surface area contributed by atoms with Crippen molar-refractivity contribution in [3.8, 4) is 11.5 Å². The van der Waals surface area contributed by atoms with Crippen molar-refractivity contribution in [2.24, 2.45) is 5.73 Å². The molecule has 2 aromatic rings. The number of rotatable bonds is 6. The SMILES string of the molecule is COc1ccc(Br)cc1CC(N)COc1cccc(Cl)c1. The van der Waals surface area contributed by atoms with Crippen LogP contribution < -0.4 is 15.2 Å². The summed E-state index contributed by atoms with van der Waals surface area (Å²) in [5, 5.41) is 0.648. The summed E-state index contributed by atoms with van der Waals surface area (Å²) in [5.74, 6) is 1.55. The Morgan fingerprint density at radius 1 is 1.24 bits per heavy atom. The van der Waals surface area contributed by atoms with E-state index in [1.165, 1.54) is 0 Å². The van der Waals surface area contributed by atoms with Crippen molar-refractivity contribution in [2.75, 3.05) is 13.7 Å². The number of ether oxygens (including phenoxy) is 2. The monoisotopic (exact) mass is 369 g/mol. The molecule has 0 aliphatic carbocycles. The molecule has 0 fully saturated rings. The van der Waals surface area contributed by atoms with Crippen LogP contribution in [-0.4, -0.2) is 19.8 Å². The van der Waals surface area contributed by atoms with Crippen LogP contribution in [0.3, 0.4) is 0 Å². The Morgan fingerprint density at radius 3 is 2.76 bits per heavy atom. The number of hydrogen-bond acceptors (Lipinski definition) is 3. The van der Waals surface area contributed by atoms with E-state index in [-0.39, 0.29) is 6.04 Å². The highest BCUT2D eigenvalue weighted by molar-refractivity contribution is 9.10. The van der Waals surface area contributed by atoms with E-state index in [9.17, 15) is 0 Å². The molecule has 0 aromatic heterocycles. The normalized spacial score (nSPS) is 12.0. The first kappa shape index (κ1) is 16.1. The summed E-state index contributed by atoms with van der Waals surface area (Å²) < 4.78 is 12.0. The molecule has 5 heteroatoms. The number of nitrogens with two attached hydrogens (primary N) is 1. The summed E-state index contributed by atoms with van der Waals surface area (Å²) in [6.07, 6.45) is 0.670. The van der Waals surface area contributed by atoms with E-state index in [2.05, 4.69) is 15.9 Å². The highest BCUT2D eigenvalue weighted by Crippen LogP contribution is 2.24. The van der Waals surface area contributed by atoms with Crippen molar-refractivity contribution >= 4 is 27.5 Å². The lowest BCUT2D eigenvalue weighted by molar-refractivity contribution is 0.286. The molecule has 21 heavy (non-hydrogen) atoms. The second kappa shape index (κ2) is 7.69. The number of hydrogen-bond donors (Lipinski definition) is 1. The molecule has 2 aromatic carbocycles. The predicted octanol–water partition coefficient (Wildman–Crippen LogP) is 4.06. The van der Waals surface area contributed by atoms with E-state index in [1.54, 1.807) is 19.2 Å². The highest BCUT2D eigenvalue weighted by Gasteiger charge is 2.10. The minimum Gasteiger partial charge on any atom is -0.496 e. The molecule has 0 aliphatic heterocycles.